The third-order valence-electron chi connectivity index (χ3n) is 2.37. The number of hydrogen-bond acceptors (Lipinski definition) is 3. The number of ether oxygens (including phenoxy) is 2. The molecule has 1 N–H and O–H groups in total. The van der Waals surface area contributed by atoms with E-state index >= 15 is 0 Å². The van der Waals surface area contributed by atoms with Gasteiger partial charge in [-0.05, 0) is 43.3 Å². The van der Waals surface area contributed by atoms with E-state index < -0.39 is 6.09 Å². The fourth-order valence-corrected chi connectivity index (χ4v) is 1.54. The van der Waals surface area contributed by atoms with Gasteiger partial charge in [-0.25, -0.2) is 4.79 Å². The van der Waals surface area contributed by atoms with E-state index in [1.165, 1.54) is 0 Å². The van der Waals surface area contributed by atoms with Crippen LogP contribution in [0, 0.1) is 0 Å². The van der Waals surface area contributed by atoms with Crippen molar-refractivity contribution in [1.82, 2.24) is 0 Å². The van der Waals surface area contributed by atoms with Gasteiger partial charge >= 0.3 is 6.09 Å². The van der Waals surface area contributed by atoms with Crippen LogP contribution in [0.25, 0.3) is 0 Å². The first-order valence-corrected chi connectivity index (χ1v) is 6.04. The van der Waals surface area contributed by atoms with Crippen LogP contribution in [-0.4, -0.2) is 12.7 Å². The minimum atomic E-state index is -0.518. The van der Waals surface area contributed by atoms with Crippen LogP contribution < -0.4 is 14.8 Å². The second kappa shape index (κ2) is 6.44. The Bertz CT molecular complexity index is 523. The monoisotopic (exact) mass is 257 g/mol. The first kappa shape index (κ1) is 13.0. The maximum absolute atomic E-state index is 11.6. The number of para-hydroxylation sites is 1. The number of carbonyl (C=O) groups excluding carboxylic acids is 1. The maximum Gasteiger partial charge on any atom is 0.417 e. The standard InChI is InChI=1S/C15H15NO3/c1-2-18-13-8-10-14(11-9-13)19-15(17)16-12-6-4-3-5-7-12/h3-11H,2H2,1H3,(H,16,17). The first-order chi connectivity index (χ1) is 9.28. The third-order valence-corrected chi connectivity index (χ3v) is 2.37. The molecule has 0 heterocycles. The Balaban J connectivity index is 1.91. The van der Waals surface area contributed by atoms with Crippen LogP contribution >= 0.6 is 0 Å². The minimum absolute atomic E-state index is 0.469. The second-order valence-electron chi connectivity index (χ2n) is 3.78. The summed E-state index contributed by atoms with van der Waals surface area (Å²) < 4.78 is 10.5. The lowest BCUT2D eigenvalue weighted by Gasteiger charge is -2.07. The van der Waals surface area contributed by atoms with Gasteiger partial charge in [0.15, 0.2) is 0 Å². The van der Waals surface area contributed by atoms with Crippen molar-refractivity contribution in [1.29, 1.82) is 0 Å². The molecule has 0 saturated heterocycles. The Morgan fingerprint density at radius 1 is 1.00 bits per heavy atom. The van der Waals surface area contributed by atoms with Gasteiger partial charge in [0.1, 0.15) is 11.5 Å². The zero-order chi connectivity index (χ0) is 13.5. The smallest absolute Gasteiger partial charge is 0.417 e. The Kier molecular flexibility index (Phi) is 4.39. The van der Waals surface area contributed by atoms with Gasteiger partial charge in [-0.3, -0.25) is 5.32 Å². The Labute approximate surface area is 112 Å². The van der Waals surface area contributed by atoms with Crippen molar-refractivity contribution in [2.24, 2.45) is 0 Å². The Morgan fingerprint density at radius 3 is 2.26 bits per heavy atom. The second-order valence-corrected chi connectivity index (χ2v) is 3.78. The largest absolute Gasteiger partial charge is 0.494 e. The molecule has 2 aromatic rings. The molecule has 1 amide bonds. The average molecular weight is 257 g/mol. The Hall–Kier alpha value is -2.49. The number of carbonyl (C=O) groups is 1. The highest BCUT2D eigenvalue weighted by Crippen LogP contribution is 2.18. The summed E-state index contributed by atoms with van der Waals surface area (Å²) in [5.41, 5.74) is 0.693. The molecule has 4 heteroatoms. The lowest BCUT2D eigenvalue weighted by molar-refractivity contribution is 0.215. The molecular weight excluding hydrogens is 242 g/mol. The van der Waals surface area contributed by atoms with E-state index in [9.17, 15) is 4.79 Å². The maximum atomic E-state index is 11.6. The number of amides is 1. The molecule has 0 bridgehead atoms. The van der Waals surface area contributed by atoms with Gasteiger partial charge < -0.3 is 9.47 Å². The number of benzene rings is 2. The molecule has 2 aromatic carbocycles. The fourth-order valence-electron chi connectivity index (χ4n) is 1.54. The molecule has 2 rings (SSSR count). The van der Waals surface area contributed by atoms with Crippen molar-refractivity contribution < 1.29 is 14.3 Å². The Morgan fingerprint density at radius 2 is 1.63 bits per heavy atom. The first-order valence-electron chi connectivity index (χ1n) is 6.04. The predicted molar refractivity (Wildman–Crippen MR) is 73.7 cm³/mol. The van der Waals surface area contributed by atoms with Crippen LogP contribution in [0.4, 0.5) is 10.5 Å². The van der Waals surface area contributed by atoms with Gasteiger partial charge in [0.25, 0.3) is 0 Å². The molecular formula is C15H15NO3. The molecule has 0 aliphatic heterocycles. The number of nitrogens with one attached hydrogen (secondary N) is 1. The van der Waals surface area contributed by atoms with Crippen molar-refractivity contribution in [3.63, 3.8) is 0 Å². The van der Waals surface area contributed by atoms with Crippen LogP contribution in [0.3, 0.4) is 0 Å². The van der Waals surface area contributed by atoms with E-state index in [0.717, 1.165) is 5.75 Å². The summed E-state index contributed by atoms with van der Waals surface area (Å²) in [6, 6.07) is 16.0. The molecule has 4 nitrogen and oxygen atoms in total. The summed E-state index contributed by atoms with van der Waals surface area (Å²) in [5, 5.41) is 2.64. The van der Waals surface area contributed by atoms with Gasteiger partial charge in [-0.2, -0.15) is 0 Å². The molecule has 0 spiro atoms. The van der Waals surface area contributed by atoms with Crippen LogP contribution in [-0.2, 0) is 0 Å². The van der Waals surface area contributed by atoms with E-state index in [1.54, 1.807) is 36.4 Å². The SMILES string of the molecule is CCOc1ccc(OC(=O)Nc2ccccc2)cc1. The minimum Gasteiger partial charge on any atom is -0.494 e. The molecule has 0 radical (unpaired) electrons. The lowest BCUT2D eigenvalue weighted by Crippen LogP contribution is -2.16. The van der Waals surface area contributed by atoms with Crippen molar-refractivity contribution in [3.05, 3.63) is 54.6 Å². The van der Waals surface area contributed by atoms with E-state index in [4.69, 9.17) is 9.47 Å². The van der Waals surface area contributed by atoms with Crippen LogP contribution in [0.1, 0.15) is 6.92 Å². The summed E-state index contributed by atoms with van der Waals surface area (Å²) >= 11 is 0. The average Bonchev–Trinajstić information content (AvgIpc) is 2.42. The fraction of sp³-hybridized carbons (Fsp3) is 0.133. The number of rotatable bonds is 4. The van der Waals surface area contributed by atoms with E-state index in [-0.39, 0.29) is 0 Å². The zero-order valence-electron chi connectivity index (χ0n) is 10.6. The quantitative estimate of drug-likeness (QED) is 0.908. The third kappa shape index (κ3) is 4.03. The summed E-state index contributed by atoms with van der Waals surface area (Å²) in [6.45, 7) is 2.52. The van der Waals surface area contributed by atoms with E-state index in [1.807, 2.05) is 25.1 Å². The molecule has 0 atom stereocenters. The highest BCUT2D eigenvalue weighted by atomic mass is 16.6. The van der Waals surface area contributed by atoms with Crippen LogP contribution in [0.5, 0.6) is 11.5 Å². The van der Waals surface area contributed by atoms with E-state index in [0.29, 0.717) is 18.0 Å². The normalized spacial score (nSPS) is 9.74. The molecule has 0 fully saturated rings. The predicted octanol–water partition coefficient (Wildman–Crippen LogP) is 3.70. The molecule has 98 valence electrons. The number of anilines is 1. The molecule has 19 heavy (non-hydrogen) atoms. The van der Waals surface area contributed by atoms with E-state index in [2.05, 4.69) is 5.32 Å². The van der Waals surface area contributed by atoms with Crippen molar-refractivity contribution in [2.75, 3.05) is 11.9 Å². The topological polar surface area (TPSA) is 47.6 Å². The van der Waals surface area contributed by atoms with Gasteiger partial charge in [0.2, 0.25) is 0 Å². The molecule has 0 saturated carbocycles. The van der Waals surface area contributed by atoms with Crippen LogP contribution in [0.15, 0.2) is 54.6 Å². The summed E-state index contributed by atoms with van der Waals surface area (Å²) in [4.78, 5) is 11.6. The zero-order valence-corrected chi connectivity index (χ0v) is 10.6. The van der Waals surface area contributed by atoms with Crippen LogP contribution in [0.2, 0.25) is 0 Å². The lowest BCUT2D eigenvalue weighted by atomic mass is 10.3. The highest BCUT2D eigenvalue weighted by Gasteiger charge is 2.04. The highest BCUT2D eigenvalue weighted by molar-refractivity contribution is 5.86. The molecule has 0 unspecified atom stereocenters. The molecule has 0 aromatic heterocycles. The number of hydrogen-bond donors (Lipinski definition) is 1. The van der Waals surface area contributed by atoms with Crippen molar-refractivity contribution in [3.8, 4) is 11.5 Å². The summed E-state index contributed by atoms with van der Waals surface area (Å²) in [5.74, 6) is 1.22. The molecule has 0 aliphatic carbocycles. The molecule has 0 aliphatic rings. The van der Waals surface area contributed by atoms with Gasteiger partial charge in [0, 0.05) is 5.69 Å². The van der Waals surface area contributed by atoms with Gasteiger partial charge in [-0.1, -0.05) is 18.2 Å². The summed E-state index contributed by atoms with van der Waals surface area (Å²) in [7, 11) is 0. The van der Waals surface area contributed by atoms with Gasteiger partial charge in [0.05, 0.1) is 6.61 Å². The summed E-state index contributed by atoms with van der Waals surface area (Å²) in [6.07, 6.45) is -0.518. The van der Waals surface area contributed by atoms with Crippen molar-refractivity contribution >= 4 is 11.8 Å². The van der Waals surface area contributed by atoms with Gasteiger partial charge in [-0.15, -0.1) is 0 Å². The van der Waals surface area contributed by atoms with Crippen molar-refractivity contribution in [2.45, 2.75) is 6.92 Å².